The van der Waals surface area contributed by atoms with Crippen molar-refractivity contribution < 1.29 is 5.11 Å². The predicted octanol–water partition coefficient (Wildman–Crippen LogP) is 3.03. The number of aliphatic hydroxyl groups is 1. The first-order chi connectivity index (χ1) is 9.52. The monoisotopic (exact) mass is 312 g/mol. The largest absolute Gasteiger partial charge is 0.396 e. The summed E-state index contributed by atoms with van der Waals surface area (Å²) in [6, 6.07) is 6.50. The number of hydrogen-bond acceptors (Lipinski definition) is 4. The van der Waals surface area contributed by atoms with E-state index in [1.807, 2.05) is 6.07 Å². The number of hydrogen-bond donors (Lipinski definition) is 2. The standard InChI is InChI=1S/C15H24N2OS2/c1-4-20-13-8-5-7-12(14(13)15(16)19)17(11(2)3)9-6-10-18/h5,7-8,11,18H,4,6,9-10H2,1-3H3,(H2,16,19). The summed E-state index contributed by atoms with van der Waals surface area (Å²) in [5.74, 6) is 0.984. The van der Waals surface area contributed by atoms with Crippen LogP contribution in [0.3, 0.4) is 0 Å². The maximum absolute atomic E-state index is 9.08. The maximum Gasteiger partial charge on any atom is 0.107 e. The van der Waals surface area contributed by atoms with Gasteiger partial charge in [0.2, 0.25) is 0 Å². The van der Waals surface area contributed by atoms with E-state index in [1.54, 1.807) is 11.8 Å². The summed E-state index contributed by atoms with van der Waals surface area (Å²) in [4.78, 5) is 3.82. The van der Waals surface area contributed by atoms with Gasteiger partial charge < -0.3 is 15.7 Å². The summed E-state index contributed by atoms with van der Waals surface area (Å²) >= 11 is 7.01. The fourth-order valence-electron chi connectivity index (χ4n) is 2.18. The van der Waals surface area contributed by atoms with Crippen molar-refractivity contribution in [3.8, 4) is 0 Å². The van der Waals surface area contributed by atoms with Gasteiger partial charge in [0, 0.05) is 35.3 Å². The molecule has 0 aromatic heterocycles. The van der Waals surface area contributed by atoms with Gasteiger partial charge in [0.15, 0.2) is 0 Å². The van der Waals surface area contributed by atoms with E-state index in [0.717, 1.165) is 34.9 Å². The molecule has 0 aliphatic heterocycles. The van der Waals surface area contributed by atoms with Gasteiger partial charge in [0.05, 0.1) is 0 Å². The Kier molecular flexibility index (Phi) is 7.34. The Morgan fingerprint density at radius 1 is 1.45 bits per heavy atom. The SMILES string of the molecule is CCSc1cccc(N(CCCO)C(C)C)c1C(N)=S. The van der Waals surface area contributed by atoms with Gasteiger partial charge in [-0.05, 0) is 38.2 Å². The normalized spacial score (nSPS) is 10.8. The number of thiocarbonyl (C=S) groups is 1. The number of nitrogens with zero attached hydrogens (tertiary/aromatic N) is 1. The van der Waals surface area contributed by atoms with Crippen molar-refractivity contribution in [2.24, 2.45) is 5.73 Å². The smallest absolute Gasteiger partial charge is 0.107 e. The minimum atomic E-state index is 0.190. The van der Waals surface area contributed by atoms with Crippen molar-refractivity contribution in [2.75, 3.05) is 23.8 Å². The molecular formula is C15H24N2OS2. The molecule has 0 bridgehead atoms. The second kappa shape index (κ2) is 8.49. The van der Waals surface area contributed by atoms with Crippen molar-refractivity contribution in [1.29, 1.82) is 0 Å². The van der Waals surface area contributed by atoms with Crippen LogP contribution in [0.4, 0.5) is 5.69 Å². The summed E-state index contributed by atoms with van der Waals surface area (Å²) in [7, 11) is 0. The maximum atomic E-state index is 9.08. The van der Waals surface area contributed by atoms with Crippen LogP contribution in [0.25, 0.3) is 0 Å². The lowest BCUT2D eigenvalue weighted by Crippen LogP contribution is -2.34. The van der Waals surface area contributed by atoms with E-state index in [4.69, 9.17) is 23.1 Å². The molecule has 0 radical (unpaired) electrons. The molecule has 0 unspecified atom stereocenters. The van der Waals surface area contributed by atoms with E-state index in [0.29, 0.717) is 11.0 Å². The molecule has 1 rings (SSSR count). The van der Waals surface area contributed by atoms with E-state index in [2.05, 4.69) is 37.8 Å². The second-order valence-corrected chi connectivity index (χ2v) is 6.56. The molecule has 0 saturated heterocycles. The molecule has 0 amide bonds. The molecule has 1 aromatic rings. The van der Waals surface area contributed by atoms with Crippen LogP contribution in [-0.2, 0) is 0 Å². The molecule has 0 saturated carbocycles. The van der Waals surface area contributed by atoms with Gasteiger partial charge in [-0.3, -0.25) is 0 Å². The molecule has 0 atom stereocenters. The van der Waals surface area contributed by atoms with Crippen molar-refractivity contribution in [3.63, 3.8) is 0 Å². The van der Waals surface area contributed by atoms with Crippen LogP contribution in [0.1, 0.15) is 32.8 Å². The highest BCUT2D eigenvalue weighted by molar-refractivity contribution is 7.99. The summed E-state index contributed by atoms with van der Waals surface area (Å²) in [6.45, 7) is 7.38. The molecular weight excluding hydrogens is 288 g/mol. The zero-order valence-electron chi connectivity index (χ0n) is 12.4. The topological polar surface area (TPSA) is 49.5 Å². The van der Waals surface area contributed by atoms with Gasteiger partial charge in [-0.1, -0.05) is 25.2 Å². The average Bonchev–Trinajstić information content (AvgIpc) is 2.39. The van der Waals surface area contributed by atoms with Crippen LogP contribution in [0.15, 0.2) is 23.1 Å². The Balaban J connectivity index is 3.25. The lowest BCUT2D eigenvalue weighted by molar-refractivity contribution is 0.288. The number of anilines is 1. The highest BCUT2D eigenvalue weighted by atomic mass is 32.2. The van der Waals surface area contributed by atoms with Gasteiger partial charge >= 0.3 is 0 Å². The van der Waals surface area contributed by atoms with Gasteiger partial charge in [0.1, 0.15) is 4.99 Å². The van der Waals surface area contributed by atoms with Crippen molar-refractivity contribution in [2.45, 2.75) is 38.1 Å². The third-order valence-electron chi connectivity index (χ3n) is 3.04. The molecule has 5 heteroatoms. The number of rotatable bonds is 8. The van der Waals surface area contributed by atoms with Crippen molar-refractivity contribution in [1.82, 2.24) is 0 Å². The van der Waals surface area contributed by atoms with E-state index < -0.39 is 0 Å². The quantitative estimate of drug-likeness (QED) is 0.571. The first kappa shape index (κ1) is 17.3. The van der Waals surface area contributed by atoms with E-state index in [-0.39, 0.29) is 6.61 Å². The third-order valence-corrected chi connectivity index (χ3v) is 4.18. The third kappa shape index (κ3) is 4.36. The molecule has 20 heavy (non-hydrogen) atoms. The molecule has 0 heterocycles. The fourth-order valence-corrected chi connectivity index (χ4v) is 3.30. The highest BCUT2D eigenvalue weighted by Crippen LogP contribution is 2.32. The first-order valence-electron chi connectivity index (χ1n) is 6.96. The molecule has 112 valence electrons. The lowest BCUT2D eigenvalue weighted by atomic mass is 10.1. The zero-order valence-corrected chi connectivity index (χ0v) is 14.1. The van der Waals surface area contributed by atoms with Crippen LogP contribution in [0.2, 0.25) is 0 Å². The highest BCUT2D eigenvalue weighted by Gasteiger charge is 2.18. The summed E-state index contributed by atoms with van der Waals surface area (Å²) in [6.07, 6.45) is 0.736. The van der Waals surface area contributed by atoms with Gasteiger partial charge in [-0.2, -0.15) is 0 Å². The summed E-state index contributed by atoms with van der Waals surface area (Å²) < 4.78 is 0. The predicted molar refractivity (Wildman–Crippen MR) is 92.9 cm³/mol. The minimum absolute atomic E-state index is 0.190. The first-order valence-corrected chi connectivity index (χ1v) is 8.35. The van der Waals surface area contributed by atoms with Gasteiger partial charge in [0.25, 0.3) is 0 Å². The molecule has 0 fully saturated rings. The van der Waals surface area contributed by atoms with Crippen LogP contribution in [-0.4, -0.2) is 35.0 Å². The Hall–Kier alpha value is -0.780. The number of aliphatic hydroxyl groups excluding tert-OH is 1. The molecule has 0 spiro atoms. The second-order valence-electron chi connectivity index (χ2n) is 4.81. The molecule has 3 nitrogen and oxygen atoms in total. The fraction of sp³-hybridized carbons (Fsp3) is 0.533. The number of nitrogens with two attached hydrogens (primary N) is 1. The number of benzene rings is 1. The number of thioether (sulfide) groups is 1. The van der Waals surface area contributed by atoms with E-state index in [9.17, 15) is 0 Å². The van der Waals surface area contributed by atoms with Gasteiger partial charge in [-0.25, -0.2) is 0 Å². The zero-order chi connectivity index (χ0) is 15.1. The van der Waals surface area contributed by atoms with Crippen LogP contribution >= 0.6 is 24.0 Å². The molecule has 0 aliphatic carbocycles. The summed E-state index contributed by atoms with van der Waals surface area (Å²) in [5.41, 5.74) is 7.98. The molecule has 3 N–H and O–H groups in total. The van der Waals surface area contributed by atoms with Gasteiger partial charge in [-0.15, -0.1) is 11.8 Å². The van der Waals surface area contributed by atoms with E-state index in [1.165, 1.54) is 0 Å². The molecule has 1 aromatic carbocycles. The Bertz CT molecular complexity index is 449. The van der Waals surface area contributed by atoms with Crippen LogP contribution in [0, 0.1) is 0 Å². The Morgan fingerprint density at radius 2 is 2.15 bits per heavy atom. The Morgan fingerprint density at radius 3 is 2.65 bits per heavy atom. The average molecular weight is 313 g/mol. The van der Waals surface area contributed by atoms with Crippen molar-refractivity contribution >= 4 is 34.7 Å². The minimum Gasteiger partial charge on any atom is -0.396 e. The van der Waals surface area contributed by atoms with Crippen molar-refractivity contribution in [3.05, 3.63) is 23.8 Å². The van der Waals surface area contributed by atoms with Crippen LogP contribution < -0.4 is 10.6 Å². The molecule has 0 aliphatic rings. The summed E-state index contributed by atoms with van der Waals surface area (Å²) in [5, 5.41) is 9.08. The Labute approximate surface area is 131 Å². The lowest BCUT2D eigenvalue weighted by Gasteiger charge is -2.31. The van der Waals surface area contributed by atoms with Crippen LogP contribution in [0.5, 0.6) is 0 Å². The van der Waals surface area contributed by atoms with E-state index >= 15 is 0 Å².